The van der Waals surface area contributed by atoms with Crippen molar-refractivity contribution in [3.05, 3.63) is 0 Å². The molecule has 0 bridgehead atoms. The molecule has 0 aromatic carbocycles. The van der Waals surface area contributed by atoms with Crippen LogP contribution in [-0.4, -0.2) is 16.5 Å². The molecule has 0 aromatic heterocycles. The van der Waals surface area contributed by atoms with Crippen molar-refractivity contribution < 1.29 is 9.53 Å². The Morgan fingerprint density at radius 2 is 1.66 bits per heavy atom. The topological polar surface area (TPSA) is 26.3 Å². The Balaban J connectivity index is 1.42. The minimum Gasteiger partial charge on any atom is -0.462 e. The van der Waals surface area contributed by atoms with Gasteiger partial charge in [-0.05, 0) is 110 Å². The number of carbonyl (C=O) groups is 1. The summed E-state index contributed by atoms with van der Waals surface area (Å²) in [6.07, 6.45) is 16.6. The lowest BCUT2D eigenvalue weighted by molar-refractivity contribution is -0.159. The molecule has 0 heterocycles. The maximum absolute atomic E-state index is 11.9. The predicted octanol–water partition coefficient (Wildman–Crippen LogP) is 8.45. The van der Waals surface area contributed by atoms with Crippen LogP contribution in [0.15, 0.2) is 0 Å². The number of esters is 1. The summed E-state index contributed by atoms with van der Waals surface area (Å²) in [6.45, 7) is 12.7. The van der Waals surface area contributed by atoms with E-state index < -0.39 is 0 Å². The molecule has 184 valence electrons. The van der Waals surface area contributed by atoms with Gasteiger partial charge in [-0.1, -0.05) is 76.5 Å². The molecular formula is C29H49IO2. The van der Waals surface area contributed by atoms with Crippen LogP contribution < -0.4 is 0 Å². The van der Waals surface area contributed by atoms with Gasteiger partial charge in [0.05, 0.1) is 4.43 Å². The lowest BCUT2D eigenvalue weighted by Crippen LogP contribution is -2.54. The number of alkyl halides is 1. The Kier molecular flexibility index (Phi) is 7.95. The SMILES string of the molecule is CC(C)CCCC(C)C1CCC2C3CCC4CC(OC(=O)CI)CCC4(C)C3CCC12C. The van der Waals surface area contributed by atoms with Crippen molar-refractivity contribution in [1.29, 1.82) is 0 Å². The number of fused-ring (bicyclic) bond motifs is 5. The number of halogens is 1. The van der Waals surface area contributed by atoms with E-state index in [0.717, 1.165) is 54.3 Å². The zero-order chi connectivity index (χ0) is 23.1. The van der Waals surface area contributed by atoms with Gasteiger partial charge >= 0.3 is 5.97 Å². The molecule has 0 spiro atoms. The monoisotopic (exact) mass is 556 g/mol. The zero-order valence-electron chi connectivity index (χ0n) is 21.5. The molecule has 4 aliphatic rings. The van der Waals surface area contributed by atoms with Crippen LogP contribution in [0.4, 0.5) is 0 Å². The van der Waals surface area contributed by atoms with Gasteiger partial charge in [-0.3, -0.25) is 4.79 Å². The molecule has 32 heavy (non-hydrogen) atoms. The molecule has 4 fully saturated rings. The molecule has 2 nitrogen and oxygen atoms in total. The quantitative estimate of drug-likeness (QED) is 0.179. The van der Waals surface area contributed by atoms with E-state index in [2.05, 4.69) is 57.2 Å². The summed E-state index contributed by atoms with van der Waals surface area (Å²) in [6, 6.07) is 0. The summed E-state index contributed by atoms with van der Waals surface area (Å²) in [5.41, 5.74) is 1.08. The molecule has 4 rings (SSSR count). The molecule has 0 amide bonds. The summed E-state index contributed by atoms with van der Waals surface area (Å²) in [4.78, 5) is 11.9. The minimum absolute atomic E-state index is 0.0131. The molecule has 0 saturated heterocycles. The average Bonchev–Trinajstić information content (AvgIpc) is 3.11. The number of rotatable bonds is 7. The van der Waals surface area contributed by atoms with Gasteiger partial charge in [0.2, 0.25) is 0 Å². The van der Waals surface area contributed by atoms with Crippen molar-refractivity contribution >= 4 is 28.6 Å². The van der Waals surface area contributed by atoms with Gasteiger partial charge in [-0.25, -0.2) is 0 Å². The van der Waals surface area contributed by atoms with Crippen LogP contribution in [0.5, 0.6) is 0 Å². The number of carbonyl (C=O) groups excluding carboxylic acids is 1. The van der Waals surface area contributed by atoms with Crippen LogP contribution in [0.2, 0.25) is 0 Å². The lowest BCUT2D eigenvalue weighted by Gasteiger charge is -2.61. The van der Waals surface area contributed by atoms with Gasteiger partial charge in [0, 0.05) is 0 Å². The lowest BCUT2D eigenvalue weighted by atomic mass is 9.44. The van der Waals surface area contributed by atoms with E-state index >= 15 is 0 Å². The number of ether oxygens (including phenoxy) is 1. The van der Waals surface area contributed by atoms with Crippen LogP contribution >= 0.6 is 22.6 Å². The fourth-order valence-corrected chi connectivity index (χ4v) is 9.75. The predicted molar refractivity (Wildman–Crippen MR) is 142 cm³/mol. The highest BCUT2D eigenvalue weighted by Gasteiger charge is 2.60. The summed E-state index contributed by atoms with van der Waals surface area (Å²) in [5.74, 6) is 6.28. The molecule has 0 aliphatic heterocycles. The van der Waals surface area contributed by atoms with E-state index in [1.165, 1.54) is 64.2 Å². The normalized spacial score (nSPS) is 44.5. The van der Waals surface area contributed by atoms with E-state index in [1.807, 2.05) is 0 Å². The number of hydrogen-bond donors (Lipinski definition) is 0. The highest BCUT2D eigenvalue weighted by atomic mass is 127. The van der Waals surface area contributed by atoms with Gasteiger partial charge in [0.1, 0.15) is 6.10 Å². The third-order valence-corrected chi connectivity index (χ3v) is 11.8. The maximum Gasteiger partial charge on any atom is 0.316 e. The van der Waals surface area contributed by atoms with Crippen molar-refractivity contribution in [2.75, 3.05) is 4.43 Å². The summed E-state index contributed by atoms with van der Waals surface area (Å²) < 4.78 is 6.28. The summed E-state index contributed by atoms with van der Waals surface area (Å²) in [7, 11) is 0. The summed E-state index contributed by atoms with van der Waals surface area (Å²) in [5, 5.41) is 0. The molecule has 3 heteroatoms. The third kappa shape index (κ3) is 4.68. The smallest absolute Gasteiger partial charge is 0.316 e. The highest BCUT2D eigenvalue weighted by molar-refractivity contribution is 14.1. The first-order valence-corrected chi connectivity index (χ1v) is 15.5. The van der Waals surface area contributed by atoms with Crippen molar-refractivity contribution in [2.45, 2.75) is 118 Å². The van der Waals surface area contributed by atoms with Crippen LogP contribution in [0.1, 0.15) is 112 Å². The second-order valence-corrected chi connectivity index (χ2v) is 14.0. The zero-order valence-corrected chi connectivity index (χ0v) is 23.7. The summed E-state index contributed by atoms with van der Waals surface area (Å²) >= 11 is 2.13. The second kappa shape index (κ2) is 10.1. The van der Waals surface area contributed by atoms with Gasteiger partial charge in [-0.15, -0.1) is 0 Å². The average molecular weight is 557 g/mol. The first kappa shape index (κ1) is 25.3. The van der Waals surface area contributed by atoms with E-state index in [9.17, 15) is 4.79 Å². The largest absolute Gasteiger partial charge is 0.462 e. The van der Waals surface area contributed by atoms with Crippen LogP contribution in [0, 0.1) is 52.3 Å². The molecule has 0 aromatic rings. The fraction of sp³-hybridized carbons (Fsp3) is 0.966. The third-order valence-electron chi connectivity index (χ3n) is 11.2. The van der Waals surface area contributed by atoms with Gasteiger partial charge < -0.3 is 4.74 Å². The van der Waals surface area contributed by atoms with Crippen molar-refractivity contribution in [3.8, 4) is 0 Å². The molecule has 0 radical (unpaired) electrons. The van der Waals surface area contributed by atoms with Gasteiger partial charge in [0.15, 0.2) is 0 Å². The van der Waals surface area contributed by atoms with Crippen LogP contribution in [-0.2, 0) is 9.53 Å². The highest BCUT2D eigenvalue weighted by Crippen LogP contribution is 2.68. The van der Waals surface area contributed by atoms with Gasteiger partial charge in [0.25, 0.3) is 0 Å². The molecule has 4 aliphatic carbocycles. The molecule has 9 unspecified atom stereocenters. The standard InChI is InChI=1S/C29H49IO2/c1-19(2)7-6-8-20(3)24-11-12-25-23-10-9-21-17-22(32-27(31)18-30)13-15-28(21,4)26(23)14-16-29(24,25)5/h19-26H,6-18H2,1-5H3. The fourth-order valence-electron chi connectivity index (χ4n) is 9.57. The number of hydrogen-bond acceptors (Lipinski definition) is 2. The van der Waals surface area contributed by atoms with E-state index in [1.54, 1.807) is 0 Å². The minimum atomic E-state index is -0.0131. The second-order valence-electron chi connectivity index (χ2n) is 13.2. The molecular weight excluding hydrogens is 507 g/mol. The Bertz CT molecular complexity index is 662. The van der Waals surface area contributed by atoms with E-state index in [4.69, 9.17) is 4.74 Å². The van der Waals surface area contributed by atoms with E-state index in [-0.39, 0.29) is 12.1 Å². The Morgan fingerprint density at radius 3 is 2.38 bits per heavy atom. The van der Waals surface area contributed by atoms with Crippen molar-refractivity contribution in [3.63, 3.8) is 0 Å². The molecule has 9 atom stereocenters. The van der Waals surface area contributed by atoms with Crippen molar-refractivity contribution in [2.24, 2.45) is 52.3 Å². The Morgan fingerprint density at radius 1 is 0.938 bits per heavy atom. The Hall–Kier alpha value is 0.200. The van der Waals surface area contributed by atoms with Gasteiger partial charge in [-0.2, -0.15) is 0 Å². The first-order valence-electron chi connectivity index (χ1n) is 13.9. The molecule has 0 N–H and O–H groups in total. The maximum atomic E-state index is 11.9. The molecule has 4 saturated carbocycles. The van der Waals surface area contributed by atoms with Crippen LogP contribution in [0.3, 0.4) is 0 Å². The Labute approximate surface area is 211 Å². The van der Waals surface area contributed by atoms with E-state index in [0.29, 0.717) is 15.3 Å². The van der Waals surface area contributed by atoms with Crippen LogP contribution in [0.25, 0.3) is 0 Å². The van der Waals surface area contributed by atoms with Crippen molar-refractivity contribution in [1.82, 2.24) is 0 Å². The first-order chi connectivity index (χ1) is 15.2.